The normalized spacial score (nSPS) is 13.3. The van der Waals surface area contributed by atoms with E-state index < -0.39 is 0 Å². The lowest BCUT2D eigenvalue weighted by molar-refractivity contribution is 0.534. The highest BCUT2D eigenvalue weighted by molar-refractivity contribution is 5.38. The topological polar surface area (TPSA) is 38.9 Å². The SMILES string of the molecule is CC(C)C(C)c1cncc(N)c1. The fourth-order valence-electron chi connectivity index (χ4n) is 1.11. The van der Waals surface area contributed by atoms with Gasteiger partial charge in [0, 0.05) is 12.4 Å². The lowest BCUT2D eigenvalue weighted by Crippen LogP contribution is -2.03. The molecular formula is C10H16N2. The molecule has 0 radical (unpaired) electrons. The van der Waals surface area contributed by atoms with E-state index in [1.54, 1.807) is 6.20 Å². The average Bonchev–Trinajstić information content (AvgIpc) is 2.03. The number of hydrogen-bond donors (Lipinski definition) is 1. The van der Waals surface area contributed by atoms with Gasteiger partial charge >= 0.3 is 0 Å². The van der Waals surface area contributed by atoms with Gasteiger partial charge in [-0.25, -0.2) is 0 Å². The summed E-state index contributed by atoms with van der Waals surface area (Å²) in [4.78, 5) is 4.06. The highest BCUT2D eigenvalue weighted by atomic mass is 14.7. The molecule has 0 aromatic carbocycles. The summed E-state index contributed by atoms with van der Waals surface area (Å²) in [6.07, 6.45) is 3.57. The van der Waals surface area contributed by atoms with Crippen molar-refractivity contribution in [2.75, 3.05) is 5.73 Å². The molecule has 0 aliphatic carbocycles. The molecule has 1 heterocycles. The molecule has 1 unspecified atom stereocenters. The van der Waals surface area contributed by atoms with Gasteiger partial charge in [-0.3, -0.25) is 4.98 Å². The summed E-state index contributed by atoms with van der Waals surface area (Å²) in [5.41, 5.74) is 7.61. The Hall–Kier alpha value is -1.05. The lowest BCUT2D eigenvalue weighted by atomic mass is 9.91. The van der Waals surface area contributed by atoms with Crippen LogP contribution in [0.4, 0.5) is 5.69 Å². The molecule has 1 aromatic heterocycles. The summed E-state index contributed by atoms with van der Waals surface area (Å²) < 4.78 is 0. The third-order valence-corrected chi connectivity index (χ3v) is 2.31. The number of nitrogens with two attached hydrogens (primary N) is 1. The molecule has 66 valence electrons. The molecule has 0 fully saturated rings. The largest absolute Gasteiger partial charge is 0.397 e. The number of nitrogen functional groups attached to an aromatic ring is 1. The van der Waals surface area contributed by atoms with E-state index in [-0.39, 0.29) is 0 Å². The number of aromatic nitrogens is 1. The summed E-state index contributed by atoms with van der Waals surface area (Å²) >= 11 is 0. The Morgan fingerprint density at radius 1 is 1.25 bits per heavy atom. The number of pyridine rings is 1. The van der Waals surface area contributed by atoms with Crippen LogP contribution in [0.1, 0.15) is 32.3 Å². The maximum atomic E-state index is 5.63. The zero-order chi connectivity index (χ0) is 9.14. The van der Waals surface area contributed by atoms with E-state index in [2.05, 4.69) is 25.8 Å². The Morgan fingerprint density at radius 3 is 2.42 bits per heavy atom. The van der Waals surface area contributed by atoms with Crippen LogP contribution in [0.15, 0.2) is 18.5 Å². The number of rotatable bonds is 2. The second-order valence-corrected chi connectivity index (χ2v) is 3.58. The molecule has 1 aromatic rings. The minimum absolute atomic E-state index is 0.529. The Labute approximate surface area is 73.8 Å². The first kappa shape index (κ1) is 9.04. The number of nitrogens with zero attached hydrogens (tertiary/aromatic N) is 1. The van der Waals surface area contributed by atoms with Gasteiger partial charge < -0.3 is 5.73 Å². The highest BCUT2D eigenvalue weighted by Crippen LogP contribution is 2.23. The Balaban J connectivity index is 2.88. The van der Waals surface area contributed by atoms with Gasteiger partial charge in [0.2, 0.25) is 0 Å². The molecule has 0 saturated heterocycles. The van der Waals surface area contributed by atoms with E-state index in [0.717, 1.165) is 5.69 Å². The molecule has 0 amide bonds. The van der Waals surface area contributed by atoms with Gasteiger partial charge in [-0.1, -0.05) is 20.8 Å². The van der Waals surface area contributed by atoms with Crippen LogP contribution in [0.2, 0.25) is 0 Å². The van der Waals surface area contributed by atoms with Crippen LogP contribution < -0.4 is 5.73 Å². The Bertz CT molecular complexity index is 256. The quantitative estimate of drug-likeness (QED) is 0.729. The summed E-state index contributed by atoms with van der Waals surface area (Å²) in [6, 6.07) is 2.00. The fourth-order valence-corrected chi connectivity index (χ4v) is 1.11. The third kappa shape index (κ3) is 1.97. The molecular weight excluding hydrogens is 148 g/mol. The molecule has 2 heteroatoms. The average molecular weight is 164 g/mol. The molecule has 12 heavy (non-hydrogen) atoms. The van der Waals surface area contributed by atoms with Gasteiger partial charge in [-0.05, 0) is 23.5 Å². The van der Waals surface area contributed by atoms with Gasteiger partial charge in [0.1, 0.15) is 0 Å². The molecule has 0 bridgehead atoms. The van der Waals surface area contributed by atoms with E-state index in [9.17, 15) is 0 Å². The molecule has 1 rings (SSSR count). The van der Waals surface area contributed by atoms with Crippen molar-refractivity contribution in [1.82, 2.24) is 4.98 Å². The predicted octanol–water partition coefficient (Wildman–Crippen LogP) is 2.42. The van der Waals surface area contributed by atoms with Crippen LogP contribution in [0.3, 0.4) is 0 Å². The van der Waals surface area contributed by atoms with Crippen molar-refractivity contribution >= 4 is 5.69 Å². The summed E-state index contributed by atoms with van der Waals surface area (Å²) in [5.74, 6) is 1.16. The third-order valence-electron chi connectivity index (χ3n) is 2.31. The van der Waals surface area contributed by atoms with E-state index in [1.165, 1.54) is 5.56 Å². The molecule has 2 nitrogen and oxygen atoms in total. The summed E-state index contributed by atoms with van der Waals surface area (Å²) in [7, 11) is 0. The molecule has 1 atom stereocenters. The van der Waals surface area contributed by atoms with Crippen LogP contribution >= 0.6 is 0 Å². The zero-order valence-electron chi connectivity index (χ0n) is 7.91. The maximum Gasteiger partial charge on any atom is 0.0503 e. The van der Waals surface area contributed by atoms with Crippen LogP contribution in [0.5, 0.6) is 0 Å². The molecule has 2 N–H and O–H groups in total. The first-order valence-electron chi connectivity index (χ1n) is 4.31. The monoisotopic (exact) mass is 164 g/mol. The minimum Gasteiger partial charge on any atom is -0.397 e. The predicted molar refractivity (Wildman–Crippen MR) is 51.9 cm³/mol. The van der Waals surface area contributed by atoms with E-state index in [1.807, 2.05) is 12.3 Å². The lowest BCUT2D eigenvalue weighted by Gasteiger charge is -2.15. The smallest absolute Gasteiger partial charge is 0.0503 e. The minimum atomic E-state index is 0.529. The van der Waals surface area contributed by atoms with Crippen LogP contribution in [0, 0.1) is 5.92 Å². The standard InChI is InChI=1S/C10H16N2/c1-7(2)8(3)9-4-10(11)6-12-5-9/h4-8H,11H2,1-3H3. The van der Waals surface area contributed by atoms with Crippen LogP contribution in [-0.4, -0.2) is 4.98 Å². The summed E-state index contributed by atoms with van der Waals surface area (Å²) in [6.45, 7) is 6.60. The van der Waals surface area contributed by atoms with Crippen molar-refractivity contribution in [2.24, 2.45) is 5.92 Å². The molecule has 0 aliphatic heterocycles. The highest BCUT2D eigenvalue weighted by Gasteiger charge is 2.09. The van der Waals surface area contributed by atoms with Gasteiger partial charge in [-0.2, -0.15) is 0 Å². The Morgan fingerprint density at radius 2 is 1.92 bits per heavy atom. The van der Waals surface area contributed by atoms with E-state index >= 15 is 0 Å². The maximum absolute atomic E-state index is 5.63. The van der Waals surface area contributed by atoms with Crippen molar-refractivity contribution in [2.45, 2.75) is 26.7 Å². The molecule has 0 spiro atoms. The van der Waals surface area contributed by atoms with E-state index in [4.69, 9.17) is 5.73 Å². The zero-order valence-corrected chi connectivity index (χ0v) is 7.91. The van der Waals surface area contributed by atoms with Gasteiger partial charge in [0.15, 0.2) is 0 Å². The van der Waals surface area contributed by atoms with Crippen LogP contribution in [-0.2, 0) is 0 Å². The molecule has 0 saturated carbocycles. The van der Waals surface area contributed by atoms with Crippen molar-refractivity contribution in [3.63, 3.8) is 0 Å². The second kappa shape index (κ2) is 3.57. The van der Waals surface area contributed by atoms with Crippen molar-refractivity contribution < 1.29 is 0 Å². The first-order valence-corrected chi connectivity index (χ1v) is 4.31. The summed E-state index contributed by atoms with van der Waals surface area (Å²) in [5, 5.41) is 0. The van der Waals surface area contributed by atoms with Crippen molar-refractivity contribution in [1.29, 1.82) is 0 Å². The van der Waals surface area contributed by atoms with Gasteiger partial charge in [-0.15, -0.1) is 0 Å². The second-order valence-electron chi connectivity index (χ2n) is 3.58. The van der Waals surface area contributed by atoms with Crippen molar-refractivity contribution in [3.05, 3.63) is 24.0 Å². The molecule has 0 aliphatic rings. The van der Waals surface area contributed by atoms with Crippen molar-refractivity contribution in [3.8, 4) is 0 Å². The Kier molecular flexibility index (Phi) is 2.69. The van der Waals surface area contributed by atoms with E-state index in [0.29, 0.717) is 11.8 Å². The number of hydrogen-bond acceptors (Lipinski definition) is 2. The van der Waals surface area contributed by atoms with Gasteiger partial charge in [0.05, 0.1) is 5.69 Å². The first-order chi connectivity index (χ1) is 5.61. The fraction of sp³-hybridized carbons (Fsp3) is 0.500. The van der Waals surface area contributed by atoms with Crippen LogP contribution in [0.25, 0.3) is 0 Å². The number of anilines is 1. The van der Waals surface area contributed by atoms with Gasteiger partial charge in [0.25, 0.3) is 0 Å².